The van der Waals surface area contributed by atoms with E-state index in [4.69, 9.17) is 5.73 Å². The quantitative estimate of drug-likeness (QED) is 0.553. The fourth-order valence-corrected chi connectivity index (χ4v) is 7.92. The van der Waals surface area contributed by atoms with Crippen LogP contribution in [0.2, 0.25) is 0 Å². The number of carbonyl (C=O) groups is 1. The first-order valence-electron chi connectivity index (χ1n) is 6.47. The lowest BCUT2D eigenvalue weighted by Crippen LogP contribution is -2.30. The number of carbonyl (C=O) groups excluding carboxylic acids is 1. The van der Waals surface area contributed by atoms with Gasteiger partial charge in [0.1, 0.15) is 0 Å². The molecule has 6 aliphatic carbocycles. The van der Waals surface area contributed by atoms with Gasteiger partial charge < -0.3 is 5.73 Å². The maximum Gasteiger partial charge on any atom is 0.332 e. The van der Waals surface area contributed by atoms with Crippen LogP contribution < -0.4 is 11.2 Å². The van der Waals surface area contributed by atoms with Crippen LogP contribution in [0.4, 0.5) is 4.79 Å². The number of amides is 2. The molecular formula is C12H14BrN3O. The summed E-state index contributed by atoms with van der Waals surface area (Å²) in [6, 6.07) is -0.536. The number of hydrazone groups is 1. The predicted octanol–water partition coefficient (Wildman–Crippen LogP) is 1.16. The molecule has 4 nitrogen and oxygen atoms in total. The van der Waals surface area contributed by atoms with Gasteiger partial charge in [-0.15, -0.1) is 0 Å². The molecule has 0 aromatic carbocycles. The van der Waals surface area contributed by atoms with E-state index in [9.17, 15) is 4.79 Å². The van der Waals surface area contributed by atoms with Gasteiger partial charge in [0.25, 0.3) is 0 Å². The Balaban J connectivity index is 1.62. The molecule has 0 aromatic rings. The second kappa shape index (κ2) is 2.56. The molecule has 6 rings (SSSR count). The highest BCUT2D eigenvalue weighted by molar-refractivity contribution is 9.09. The molecule has 3 N–H and O–H groups in total. The van der Waals surface area contributed by atoms with Crippen molar-refractivity contribution >= 4 is 27.7 Å². The molecule has 0 aromatic heterocycles. The lowest BCUT2D eigenvalue weighted by molar-refractivity contribution is 0.132. The molecule has 2 amide bonds. The van der Waals surface area contributed by atoms with Crippen molar-refractivity contribution in [2.75, 3.05) is 0 Å². The number of urea groups is 1. The highest BCUT2D eigenvalue weighted by Crippen LogP contribution is 2.82. The van der Waals surface area contributed by atoms with Gasteiger partial charge in [0.2, 0.25) is 0 Å². The van der Waals surface area contributed by atoms with Crippen molar-refractivity contribution in [2.45, 2.75) is 11.2 Å². The van der Waals surface area contributed by atoms with Gasteiger partial charge in [0.05, 0.1) is 0 Å². The van der Waals surface area contributed by atoms with Crippen LogP contribution in [0.5, 0.6) is 0 Å². The van der Waals surface area contributed by atoms with Gasteiger partial charge in [-0.3, -0.25) is 0 Å². The van der Waals surface area contributed by atoms with E-state index in [2.05, 4.69) is 26.5 Å². The van der Waals surface area contributed by atoms with Crippen LogP contribution in [0.1, 0.15) is 6.42 Å². The van der Waals surface area contributed by atoms with Crippen LogP contribution in [-0.2, 0) is 0 Å². The van der Waals surface area contributed by atoms with E-state index in [0.29, 0.717) is 16.7 Å². The van der Waals surface area contributed by atoms with Crippen molar-refractivity contribution in [2.24, 2.45) is 58.2 Å². The second-order valence-electron chi connectivity index (χ2n) is 6.38. The Morgan fingerprint density at radius 3 is 2.71 bits per heavy atom. The molecule has 6 saturated carbocycles. The minimum atomic E-state index is -0.536. The Hall–Kier alpha value is -0.580. The first kappa shape index (κ1) is 9.36. The standard InChI is InChI=1S/C12H14BrN3O/c13-10-6-2-1-3-4(6)9-8(10)5(2)7(3)11(9)15-16-12(14)17/h2-10H,1H2,(H3,14,16,17)/b15-11-/t2-,3+,4-,5+,6+,7-,8+,9-,10-/m0/s1. The fraction of sp³-hybridized carbons (Fsp3) is 0.833. The molecule has 17 heavy (non-hydrogen) atoms. The third-order valence-corrected chi connectivity index (χ3v) is 7.56. The van der Waals surface area contributed by atoms with Crippen molar-refractivity contribution < 1.29 is 4.79 Å². The Morgan fingerprint density at radius 1 is 1.24 bits per heavy atom. The van der Waals surface area contributed by atoms with Crippen molar-refractivity contribution in [3.63, 3.8) is 0 Å². The summed E-state index contributed by atoms with van der Waals surface area (Å²) in [5.41, 5.74) is 8.86. The van der Waals surface area contributed by atoms with E-state index < -0.39 is 6.03 Å². The van der Waals surface area contributed by atoms with Gasteiger partial charge in [-0.05, 0) is 41.9 Å². The van der Waals surface area contributed by atoms with Gasteiger partial charge in [0.15, 0.2) is 0 Å². The molecule has 0 radical (unpaired) electrons. The molecule has 90 valence electrons. The third-order valence-electron chi connectivity index (χ3n) is 6.34. The number of halogens is 1. The summed E-state index contributed by atoms with van der Waals surface area (Å²) in [4.78, 5) is 11.5. The summed E-state index contributed by atoms with van der Waals surface area (Å²) in [5, 5.41) is 4.35. The SMILES string of the molecule is NC(=O)N/N=C1/[C@H]2[C@@H]3C[C@@H]4[C@H]5[C@H](Br)[C@@H]([C@@H]1[C@@H]35)[C@H]42. The topological polar surface area (TPSA) is 67.5 Å². The molecule has 6 aliphatic rings. The maximum atomic E-state index is 10.8. The fourth-order valence-electron chi connectivity index (χ4n) is 6.49. The molecular weight excluding hydrogens is 282 g/mol. The molecule has 9 atom stereocenters. The summed E-state index contributed by atoms with van der Waals surface area (Å²) in [6.07, 6.45) is 1.41. The van der Waals surface area contributed by atoms with Gasteiger partial charge in [-0.2, -0.15) is 5.10 Å². The minimum absolute atomic E-state index is 0.536. The van der Waals surface area contributed by atoms with Crippen LogP contribution in [0.15, 0.2) is 5.10 Å². The number of primary amides is 1. The van der Waals surface area contributed by atoms with Gasteiger partial charge >= 0.3 is 6.03 Å². The van der Waals surface area contributed by atoms with Crippen LogP contribution in [0.25, 0.3) is 0 Å². The molecule has 0 unspecified atom stereocenters. The third kappa shape index (κ3) is 0.761. The smallest absolute Gasteiger partial charge is 0.332 e. The lowest BCUT2D eigenvalue weighted by atomic mass is 9.71. The first-order chi connectivity index (χ1) is 8.20. The molecule has 6 fully saturated rings. The van der Waals surface area contributed by atoms with E-state index in [1.54, 1.807) is 0 Å². The van der Waals surface area contributed by atoms with Crippen molar-refractivity contribution in [1.29, 1.82) is 0 Å². The summed E-state index contributed by atoms with van der Waals surface area (Å²) < 4.78 is 0. The molecule has 5 heteroatoms. The summed E-state index contributed by atoms with van der Waals surface area (Å²) in [5.74, 6) is 6.55. The van der Waals surface area contributed by atoms with Crippen LogP contribution in [0.3, 0.4) is 0 Å². The second-order valence-corrected chi connectivity index (χ2v) is 7.44. The molecule has 0 heterocycles. The molecule has 0 aliphatic heterocycles. The lowest BCUT2D eigenvalue weighted by Gasteiger charge is -2.32. The highest BCUT2D eigenvalue weighted by atomic mass is 79.9. The molecule has 6 bridgehead atoms. The van der Waals surface area contributed by atoms with Crippen LogP contribution in [0, 0.1) is 47.3 Å². The van der Waals surface area contributed by atoms with E-state index in [-0.39, 0.29) is 0 Å². The summed E-state index contributed by atoms with van der Waals surface area (Å²) in [7, 11) is 0. The monoisotopic (exact) mass is 295 g/mol. The molecule has 0 saturated heterocycles. The summed E-state index contributed by atoms with van der Waals surface area (Å²) in [6.45, 7) is 0. The van der Waals surface area contributed by atoms with Crippen molar-refractivity contribution in [3.8, 4) is 0 Å². The number of nitrogens with two attached hydrogens (primary N) is 1. The number of nitrogens with one attached hydrogen (secondary N) is 1. The van der Waals surface area contributed by atoms with E-state index in [0.717, 1.165) is 35.5 Å². The van der Waals surface area contributed by atoms with Crippen molar-refractivity contribution in [3.05, 3.63) is 0 Å². The van der Waals surface area contributed by atoms with Crippen LogP contribution in [-0.4, -0.2) is 16.6 Å². The zero-order valence-corrected chi connectivity index (χ0v) is 10.8. The maximum absolute atomic E-state index is 10.8. The average molecular weight is 296 g/mol. The number of alkyl halides is 1. The van der Waals surface area contributed by atoms with E-state index in [1.807, 2.05) is 0 Å². The Kier molecular flexibility index (Phi) is 1.41. The Morgan fingerprint density at radius 2 is 2.00 bits per heavy atom. The molecule has 0 spiro atoms. The van der Waals surface area contributed by atoms with Gasteiger partial charge in [-0.1, -0.05) is 15.9 Å². The number of hydrogen-bond acceptors (Lipinski definition) is 2. The number of hydrogen-bond donors (Lipinski definition) is 2. The van der Waals surface area contributed by atoms with Gasteiger partial charge in [0, 0.05) is 22.4 Å². The zero-order chi connectivity index (χ0) is 11.5. The zero-order valence-electron chi connectivity index (χ0n) is 9.21. The average Bonchev–Trinajstić information content (AvgIpc) is 2.97. The normalized spacial score (nSPS) is 65.7. The van der Waals surface area contributed by atoms with E-state index >= 15 is 0 Å². The minimum Gasteiger partial charge on any atom is -0.350 e. The van der Waals surface area contributed by atoms with E-state index in [1.165, 1.54) is 12.1 Å². The highest BCUT2D eigenvalue weighted by Gasteiger charge is 2.82. The Bertz CT molecular complexity index is 476. The predicted molar refractivity (Wildman–Crippen MR) is 65.4 cm³/mol. The van der Waals surface area contributed by atoms with Gasteiger partial charge in [-0.25, -0.2) is 10.2 Å². The van der Waals surface area contributed by atoms with Crippen molar-refractivity contribution in [1.82, 2.24) is 5.43 Å². The van der Waals surface area contributed by atoms with Crippen LogP contribution >= 0.6 is 15.9 Å². The number of rotatable bonds is 1. The largest absolute Gasteiger partial charge is 0.350 e. The summed E-state index contributed by atoms with van der Waals surface area (Å²) >= 11 is 3.93. The Labute approximate surface area is 108 Å². The number of nitrogens with zero attached hydrogens (tertiary/aromatic N) is 1. The first-order valence-corrected chi connectivity index (χ1v) is 7.38.